The number of carbonyl (C=O) groups excluding carboxylic acids is 1. The van der Waals surface area contributed by atoms with E-state index in [1.807, 2.05) is 18.2 Å². The van der Waals surface area contributed by atoms with E-state index in [1.165, 1.54) is 0 Å². The van der Waals surface area contributed by atoms with Crippen molar-refractivity contribution in [3.8, 4) is 11.5 Å². The first kappa shape index (κ1) is 17.0. The van der Waals surface area contributed by atoms with E-state index in [4.69, 9.17) is 9.47 Å². The van der Waals surface area contributed by atoms with E-state index >= 15 is 0 Å². The van der Waals surface area contributed by atoms with Gasteiger partial charge >= 0.3 is 0 Å². The molecule has 1 N–H and O–H groups in total. The zero-order valence-electron chi connectivity index (χ0n) is 15.4. The number of nitrogens with zero attached hydrogens (tertiary/aromatic N) is 4. The molecule has 1 saturated heterocycles. The number of ether oxygens (including phenoxy) is 2. The highest BCUT2D eigenvalue weighted by Crippen LogP contribution is 2.50. The molecule has 2 aromatic heterocycles. The van der Waals surface area contributed by atoms with Gasteiger partial charge in [0, 0.05) is 49.1 Å². The standard InChI is InChI=1S/C20H20N4O4/c1-27-13-3-4-14-15-9-23(10-20(15,11-25)12-28-17(14)7-13)19(26)16-8-18-21-5-2-6-24(18)22-16/h2-8,15,25H,9-12H2,1H3/t15-,20-/m1/s1. The zero-order valence-corrected chi connectivity index (χ0v) is 15.4. The summed E-state index contributed by atoms with van der Waals surface area (Å²) in [6.45, 7) is 1.22. The van der Waals surface area contributed by atoms with Crippen molar-refractivity contribution < 1.29 is 19.4 Å². The van der Waals surface area contributed by atoms with Gasteiger partial charge in [-0.25, -0.2) is 9.50 Å². The Balaban J connectivity index is 1.48. The molecule has 8 nitrogen and oxygen atoms in total. The molecule has 0 bridgehead atoms. The zero-order chi connectivity index (χ0) is 19.3. The smallest absolute Gasteiger partial charge is 0.274 e. The summed E-state index contributed by atoms with van der Waals surface area (Å²) in [7, 11) is 1.61. The third-order valence-corrected chi connectivity index (χ3v) is 5.82. The number of methoxy groups -OCH3 is 1. The van der Waals surface area contributed by atoms with Gasteiger partial charge in [0.05, 0.1) is 25.7 Å². The lowest BCUT2D eigenvalue weighted by molar-refractivity contribution is 0.0438. The van der Waals surface area contributed by atoms with Crippen LogP contribution in [0.15, 0.2) is 42.7 Å². The Morgan fingerprint density at radius 3 is 3.11 bits per heavy atom. The quantitative estimate of drug-likeness (QED) is 0.738. The predicted molar refractivity (Wildman–Crippen MR) is 99.6 cm³/mol. The Labute approximate surface area is 161 Å². The number of amides is 1. The Bertz CT molecular complexity index is 1030. The van der Waals surface area contributed by atoms with Crippen LogP contribution in [0.25, 0.3) is 5.65 Å². The lowest BCUT2D eigenvalue weighted by Gasteiger charge is -2.37. The molecule has 28 heavy (non-hydrogen) atoms. The molecule has 1 amide bonds. The SMILES string of the molecule is COc1ccc2c(c1)OC[C@]1(CO)CN(C(=O)c3cc4ncccn4n3)C[C@H]21. The van der Waals surface area contributed by atoms with Gasteiger partial charge in [-0.05, 0) is 12.1 Å². The first-order valence-electron chi connectivity index (χ1n) is 9.15. The maximum atomic E-state index is 13.1. The molecule has 0 saturated carbocycles. The Morgan fingerprint density at radius 2 is 2.32 bits per heavy atom. The van der Waals surface area contributed by atoms with E-state index < -0.39 is 5.41 Å². The predicted octanol–water partition coefficient (Wildman–Crippen LogP) is 1.35. The Morgan fingerprint density at radius 1 is 1.43 bits per heavy atom. The van der Waals surface area contributed by atoms with Gasteiger partial charge in [-0.1, -0.05) is 6.07 Å². The van der Waals surface area contributed by atoms with Crippen LogP contribution < -0.4 is 9.47 Å². The van der Waals surface area contributed by atoms with Crippen molar-refractivity contribution in [2.24, 2.45) is 5.41 Å². The number of likely N-dealkylation sites (tertiary alicyclic amines) is 1. The highest BCUT2D eigenvalue weighted by Gasteiger charge is 2.52. The fourth-order valence-corrected chi connectivity index (χ4v) is 4.28. The van der Waals surface area contributed by atoms with E-state index in [9.17, 15) is 9.90 Å². The summed E-state index contributed by atoms with van der Waals surface area (Å²) in [5, 5.41) is 14.5. The van der Waals surface area contributed by atoms with Gasteiger partial charge in [-0.3, -0.25) is 4.79 Å². The van der Waals surface area contributed by atoms with Crippen molar-refractivity contribution >= 4 is 11.6 Å². The summed E-state index contributed by atoms with van der Waals surface area (Å²) < 4.78 is 12.8. The van der Waals surface area contributed by atoms with Crippen LogP contribution in [0.5, 0.6) is 11.5 Å². The molecule has 1 fully saturated rings. The molecule has 144 valence electrons. The van der Waals surface area contributed by atoms with Gasteiger partial charge in [0.25, 0.3) is 5.91 Å². The van der Waals surface area contributed by atoms with Gasteiger partial charge in [0.15, 0.2) is 11.3 Å². The molecular formula is C20H20N4O4. The number of fused-ring (bicyclic) bond motifs is 4. The van der Waals surface area contributed by atoms with E-state index in [1.54, 1.807) is 41.1 Å². The summed E-state index contributed by atoms with van der Waals surface area (Å²) in [6.07, 6.45) is 3.43. The Kier molecular flexibility index (Phi) is 3.77. The molecule has 0 aliphatic carbocycles. The van der Waals surface area contributed by atoms with Crippen LogP contribution in [-0.2, 0) is 0 Å². The highest BCUT2D eigenvalue weighted by molar-refractivity contribution is 5.93. The number of benzene rings is 1. The van der Waals surface area contributed by atoms with E-state index in [0.717, 1.165) is 17.1 Å². The first-order valence-corrected chi connectivity index (χ1v) is 9.15. The number of hydrogen-bond donors (Lipinski definition) is 1. The molecule has 0 unspecified atom stereocenters. The largest absolute Gasteiger partial charge is 0.497 e. The lowest BCUT2D eigenvalue weighted by Crippen LogP contribution is -2.42. The minimum absolute atomic E-state index is 0.00809. The molecule has 1 aromatic carbocycles. The average molecular weight is 380 g/mol. The average Bonchev–Trinajstić information content (AvgIpc) is 3.35. The maximum Gasteiger partial charge on any atom is 0.274 e. The van der Waals surface area contributed by atoms with Crippen LogP contribution in [0.3, 0.4) is 0 Å². The van der Waals surface area contributed by atoms with Gasteiger partial charge in [0.2, 0.25) is 0 Å². The molecular weight excluding hydrogens is 360 g/mol. The molecule has 8 heteroatoms. The van der Waals surface area contributed by atoms with Crippen molar-refractivity contribution in [2.45, 2.75) is 5.92 Å². The van der Waals surface area contributed by atoms with Crippen molar-refractivity contribution in [2.75, 3.05) is 33.4 Å². The monoisotopic (exact) mass is 380 g/mol. The van der Waals surface area contributed by atoms with Crippen molar-refractivity contribution in [3.63, 3.8) is 0 Å². The van der Waals surface area contributed by atoms with Crippen LogP contribution >= 0.6 is 0 Å². The summed E-state index contributed by atoms with van der Waals surface area (Å²) in [6, 6.07) is 9.15. The molecule has 5 rings (SSSR count). The van der Waals surface area contributed by atoms with Gasteiger partial charge in [0.1, 0.15) is 11.5 Å². The van der Waals surface area contributed by atoms with E-state index in [2.05, 4.69) is 10.1 Å². The molecule has 3 aromatic rings. The van der Waals surface area contributed by atoms with Crippen molar-refractivity contribution in [3.05, 3.63) is 54.0 Å². The number of aromatic nitrogens is 3. The second-order valence-corrected chi connectivity index (χ2v) is 7.40. The number of hydrogen-bond acceptors (Lipinski definition) is 6. The van der Waals surface area contributed by atoms with Gasteiger partial charge < -0.3 is 19.5 Å². The number of carbonyl (C=O) groups is 1. The minimum atomic E-state index is -0.519. The highest BCUT2D eigenvalue weighted by atomic mass is 16.5. The van der Waals surface area contributed by atoms with E-state index in [0.29, 0.717) is 31.0 Å². The second-order valence-electron chi connectivity index (χ2n) is 7.40. The normalized spacial score (nSPS) is 23.2. The third-order valence-electron chi connectivity index (χ3n) is 5.82. The number of rotatable bonds is 3. The summed E-state index contributed by atoms with van der Waals surface area (Å²) in [5.74, 6) is 1.30. The molecule has 2 aliphatic rings. The minimum Gasteiger partial charge on any atom is -0.497 e. The van der Waals surface area contributed by atoms with Gasteiger partial charge in [-0.15, -0.1) is 0 Å². The van der Waals surface area contributed by atoms with Crippen LogP contribution in [0, 0.1) is 5.41 Å². The number of aliphatic hydroxyl groups excluding tert-OH is 1. The van der Waals surface area contributed by atoms with Crippen molar-refractivity contribution in [1.29, 1.82) is 0 Å². The van der Waals surface area contributed by atoms with Gasteiger partial charge in [-0.2, -0.15) is 5.10 Å². The van der Waals surface area contributed by atoms with Crippen molar-refractivity contribution in [1.82, 2.24) is 19.5 Å². The fourth-order valence-electron chi connectivity index (χ4n) is 4.28. The molecule has 0 spiro atoms. The molecule has 2 atom stereocenters. The van der Waals surface area contributed by atoms with Crippen LogP contribution in [0.4, 0.5) is 0 Å². The van der Waals surface area contributed by atoms with Crippen LogP contribution in [0.2, 0.25) is 0 Å². The second kappa shape index (κ2) is 6.20. The first-order chi connectivity index (χ1) is 13.6. The molecule has 4 heterocycles. The molecule has 0 radical (unpaired) electrons. The maximum absolute atomic E-state index is 13.1. The summed E-state index contributed by atoms with van der Waals surface area (Å²) in [5.41, 5.74) is 1.45. The van der Waals surface area contributed by atoms with E-state index in [-0.39, 0.29) is 18.4 Å². The Hall–Kier alpha value is -3.13. The topological polar surface area (TPSA) is 89.2 Å². The third kappa shape index (κ3) is 2.45. The summed E-state index contributed by atoms with van der Waals surface area (Å²) >= 11 is 0. The molecule has 2 aliphatic heterocycles. The van der Waals surface area contributed by atoms with Crippen LogP contribution in [0.1, 0.15) is 22.0 Å². The van der Waals surface area contributed by atoms with Crippen LogP contribution in [-0.4, -0.2) is 63.9 Å². The summed E-state index contributed by atoms with van der Waals surface area (Å²) in [4.78, 5) is 19.1. The fraction of sp³-hybridized carbons (Fsp3) is 0.350. The number of aliphatic hydroxyl groups is 1. The lowest BCUT2D eigenvalue weighted by atomic mass is 9.74.